The van der Waals surface area contributed by atoms with E-state index in [9.17, 15) is 9.59 Å². The first-order chi connectivity index (χ1) is 8.52. The lowest BCUT2D eigenvalue weighted by Crippen LogP contribution is -2.36. The van der Waals surface area contributed by atoms with E-state index in [1.165, 1.54) is 4.90 Å². The molecule has 0 saturated heterocycles. The second kappa shape index (κ2) is 4.96. The van der Waals surface area contributed by atoms with Crippen molar-refractivity contribution in [2.45, 2.75) is 13.3 Å². The predicted molar refractivity (Wildman–Crippen MR) is 70.8 cm³/mol. The first-order valence-corrected chi connectivity index (χ1v) is 6.01. The van der Waals surface area contributed by atoms with Crippen LogP contribution >= 0.6 is 11.6 Å². The van der Waals surface area contributed by atoms with Crippen LogP contribution in [0, 0.1) is 6.92 Å². The van der Waals surface area contributed by atoms with E-state index in [1.54, 1.807) is 12.1 Å². The number of hydrogen-bond acceptors (Lipinski definition) is 3. The maximum Gasteiger partial charge on any atom is 0.240 e. The Bertz CT molecular complexity index is 516. The summed E-state index contributed by atoms with van der Waals surface area (Å²) in [6.07, 6.45) is 0.247. The van der Waals surface area contributed by atoms with Crippen molar-refractivity contribution in [1.29, 1.82) is 0 Å². The van der Waals surface area contributed by atoms with Crippen LogP contribution in [-0.4, -0.2) is 24.9 Å². The van der Waals surface area contributed by atoms with Gasteiger partial charge in [0, 0.05) is 18.0 Å². The Kier molecular flexibility index (Phi) is 3.54. The molecule has 1 heterocycles. The Morgan fingerprint density at radius 2 is 2.28 bits per heavy atom. The highest BCUT2D eigenvalue weighted by Gasteiger charge is 2.24. The number of anilines is 2. The lowest BCUT2D eigenvalue weighted by molar-refractivity contribution is -0.117. The summed E-state index contributed by atoms with van der Waals surface area (Å²) >= 11 is 6.00. The molecule has 1 aromatic rings. The molecule has 1 aromatic carbocycles. The summed E-state index contributed by atoms with van der Waals surface area (Å²) in [4.78, 5) is 25.0. The smallest absolute Gasteiger partial charge is 0.240 e. The van der Waals surface area contributed by atoms with E-state index in [0.29, 0.717) is 22.9 Å². The molecular formula is C12H14ClN3O2. The number of benzene rings is 1. The molecular weight excluding hydrogens is 254 g/mol. The van der Waals surface area contributed by atoms with Crippen molar-refractivity contribution >= 4 is 34.8 Å². The molecule has 0 fully saturated rings. The Balaban J connectivity index is 2.56. The number of fused-ring (bicyclic) bond motifs is 1. The third kappa shape index (κ3) is 2.32. The van der Waals surface area contributed by atoms with Crippen LogP contribution in [0.3, 0.4) is 0 Å². The molecule has 0 bridgehead atoms. The molecule has 0 unspecified atom stereocenters. The molecule has 0 atom stereocenters. The van der Waals surface area contributed by atoms with Crippen LogP contribution in [0.4, 0.5) is 11.4 Å². The van der Waals surface area contributed by atoms with Crippen molar-refractivity contribution in [2.75, 3.05) is 23.3 Å². The number of nitrogens with one attached hydrogen (secondary N) is 1. The lowest BCUT2D eigenvalue weighted by atomic mass is 10.1. The van der Waals surface area contributed by atoms with Crippen LogP contribution in [0.1, 0.15) is 12.0 Å². The maximum absolute atomic E-state index is 11.8. The zero-order chi connectivity index (χ0) is 13.3. The van der Waals surface area contributed by atoms with E-state index in [-0.39, 0.29) is 24.8 Å². The molecule has 2 rings (SSSR count). The predicted octanol–water partition coefficient (Wildman–Crippen LogP) is 1.28. The Morgan fingerprint density at radius 1 is 1.56 bits per heavy atom. The topological polar surface area (TPSA) is 75.4 Å². The quantitative estimate of drug-likeness (QED) is 0.805. The summed E-state index contributed by atoms with van der Waals surface area (Å²) in [5, 5.41) is 3.32. The fourth-order valence-corrected chi connectivity index (χ4v) is 2.27. The summed E-state index contributed by atoms with van der Waals surface area (Å²) in [6, 6.07) is 3.42. The first kappa shape index (κ1) is 12.9. The monoisotopic (exact) mass is 267 g/mol. The summed E-state index contributed by atoms with van der Waals surface area (Å²) in [7, 11) is 0. The van der Waals surface area contributed by atoms with Crippen LogP contribution in [0.15, 0.2) is 12.1 Å². The van der Waals surface area contributed by atoms with Gasteiger partial charge < -0.3 is 16.0 Å². The Morgan fingerprint density at radius 3 is 2.94 bits per heavy atom. The van der Waals surface area contributed by atoms with Gasteiger partial charge in [0.15, 0.2) is 0 Å². The number of hydrogen-bond donors (Lipinski definition) is 2. The van der Waals surface area contributed by atoms with E-state index < -0.39 is 0 Å². The van der Waals surface area contributed by atoms with E-state index in [1.807, 2.05) is 6.92 Å². The van der Waals surface area contributed by atoms with Crippen LogP contribution in [0.5, 0.6) is 0 Å². The molecule has 0 aromatic heterocycles. The molecule has 18 heavy (non-hydrogen) atoms. The number of carbonyl (C=O) groups excluding carboxylic acids is 2. The Hall–Kier alpha value is -1.59. The average molecular weight is 268 g/mol. The van der Waals surface area contributed by atoms with Gasteiger partial charge in [-0.3, -0.25) is 9.59 Å². The fraction of sp³-hybridized carbons (Fsp3) is 0.333. The number of nitrogens with two attached hydrogens (primary N) is 1. The van der Waals surface area contributed by atoms with Crippen molar-refractivity contribution in [3.05, 3.63) is 22.7 Å². The molecule has 0 saturated carbocycles. The van der Waals surface area contributed by atoms with Crippen LogP contribution < -0.4 is 16.0 Å². The fourth-order valence-electron chi connectivity index (χ4n) is 2.01. The van der Waals surface area contributed by atoms with Crippen molar-refractivity contribution in [3.63, 3.8) is 0 Å². The molecule has 0 aliphatic carbocycles. The van der Waals surface area contributed by atoms with Gasteiger partial charge in [0.1, 0.15) is 0 Å². The highest BCUT2D eigenvalue weighted by atomic mass is 35.5. The van der Waals surface area contributed by atoms with Crippen LogP contribution in [0.2, 0.25) is 5.02 Å². The minimum atomic E-state index is -0.227. The first-order valence-electron chi connectivity index (χ1n) is 5.63. The standard InChI is InChI=1S/C12H14ClN3O2/c1-7-4-8(13)5-9-12(7)15-10(17)2-3-16(9)11(18)6-14/h4-5H,2-3,6,14H2,1H3,(H,15,17). The van der Waals surface area contributed by atoms with Gasteiger partial charge in [-0.05, 0) is 24.6 Å². The second-order valence-electron chi connectivity index (χ2n) is 4.16. The molecule has 0 radical (unpaired) electrons. The number of carbonyl (C=O) groups is 2. The number of nitrogens with zero attached hydrogens (tertiary/aromatic N) is 1. The summed E-state index contributed by atoms with van der Waals surface area (Å²) in [5.74, 6) is -0.344. The number of amides is 2. The Labute approximate surface area is 110 Å². The zero-order valence-electron chi connectivity index (χ0n) is 10.00. The molecule has 2 amide bonds. The summed E-state index contributed by atoms with van der Waals surface area (Å²) < 4.78 is 0. The number of rotatable bonds is 1. The van der Waals surface area contributed by atoms with E-state index in [2.05, 4.69) is 5.32 Å². The van der Waals surface area contributed by atoms with Crippen molar-refractivity contribution < 1.29 is 9.59 Å². The molecule has 0 spiro atoms. The molecule has 96 valence electrons. The highest BCUT2D eigenvalue weighted by molar-refractivity contribution is 6.31. The van der Waals surface area contributed by atoms with Gasteiger partial charge in [-0.25, -0.2) is 0 Å². The minimum absolute atomic E-state index is 0.0980. The van der Waals surface area contributed by atoms with Crippen molar-refractivity contribution in [1.82, 2.24) is 0 Å². The van der Waals surface area contributed by atoms with Gasteiger partial charge in [-0.2, -0.15) is 0 Å². The maximum atomic E-state index is 11.8. The van der Waals surface area contributed by atoms with Crippen LogP contribution in [-0.2, 0) is 9.59 Å². The molecule has 1 aliphatic rings. The molecule has 1 aliphatic heterocycles. The third-order valence-corrected chi connectivity index (χ3v) is 3.09. The zero-order valence-corrected chi connectivity index (χ0v) is 10.8. The van der Waals surface area contributed by atoms with Gasteiger partial charge in [0.2, 0.25) is 11.8 Å². The van der Waals surface area contributed by atoms with E-state index in [0.717, 1.165) is 5.56 Å². The summed E-state index contributed by atoms with van der Waals surface area (Å²) in [6.45, 7) is 2.05. The largest absolute Gasteiger partial charge is 0.324 e. The SMILES string of the molecule is Cc1cc(Cl)cc2c1NC(=O)CCN2C(=O)CN. The second-order valence-corrected chi connectivity index (χ2v) is 4.60. The lowest BCUT2D eigenvalue weighted by Gasteiger charge is -2.22. The molecule has 5 nitrogen and oxygen atoms in total. The molecule has 6 heteroatoms. The third-order valence-electron chi connectivity index (χ3n) is 2.87. The van der Waals surface area contributed by atoms with Gasteiger partial charge in [-0.1, -0.05) is 11.6 Å². The number of halogens is 1. The van der Waals surface area contributed by atoms with Gasteiger partial charge >= 0.3 is 0 Å². The van der Waals surface area contributed by atoms with Crippen molar-refractivity contribution in [2.24, 2.45) is 5.73 Å². The minimum Gasteiger partial charge on any atom is -0.324 e. The molecule has 3 N–H and O–H groups in total. The number of aryl methyl sites for hydroxylation is 1. The van der Waals surface area contributed by atoms with Gasteiger partial charge in [-0.15, -0.1) is 0 Å². The van der Waals surface area contributed by atoms with E-state index in [4.69, 9.17) is 17.3 Å². The van der Waals surface area contributed by atoms with Crippen molar-refractivity contribution in [3.8, 4) is 0 Å². The van der Waals surface area contributed by atoms with Gasteiger partial charge in [0.05, 0.1) is 17.9 Å². The normalized spacial score (nSPS) is 14.8. The average Bonchev–Trinajstić information content (AvgIpc) is 2.48. The highest BCUT2D eigenvalue weighted by Crippen LogP contribution is 2.34. The van der Waals surface area contributed by atoms with Gasteiger partial charge in [0.25, 0.3) is 0 Å². The van der Waals surface area contributed by atoms with Crippen LogP contribution in [0.25, 0.3) is 0 Å². The summed E-state index contributed by atoms with van der Waals surface area (Å²) in [5.41, 5.74) is 7.45. The van der Waals surface area contributed by atoms with E-state index >= 15 is 0 Å².